The summed E-state index contributed by atoms with van der Waals surface area (Å²) in [6.45, 7) is 0. The molecule has 2 aromatic heterocycles. The molecule has 86 valence electrons. The van der Waals surface area contributed by atoms with Gasteiger partial charge in [0.05, 0.1) is 0 Å². The molecule has 0 aliphatic carbocycles. The van der Waals surface area contributed by atoms with Crippen LogP contribution < -0.4 is 0 Å². The van der Waals surface area contributed by atoms with Crippen LogP contribution in [-0.2, 0) is 0 Å². The molecule has 0 saturated carbocycles. The van der Waals surface area contributed by atoms with Crippen molar-refractivity contribution < 1.29 is 9.50 Å². The Morgan fingerprint density at radius 2 is 2.06 bits per heavy atom. The Bertz CT molecular complexity index is 643. The minimum atomic E-state index is -0.610. The molecule has 0 bridgehead atoms. The lowest BCUT2D eigenvalue weighted by molar-refractivity contribution is 0.225. The fraction of sp³-hybridized carbons (Fsp3) is 0.0769. The molecule has 1 nitrogen and oxygen atoms in total. The van der Waals surface area contributed by atoms with Crippen LogP contribution in [-0.4, -0.2) is 5.11 Å². The molecule has 0 saturated heterocycles. The molecule has 1 unspecified atom stereocenters. The van der Waals surface area contributed by atoms with Crippen molar-refractivity contribution in [3.8, 4) is 0 Å². The largest absolute Gasteiger partial charge is 0.383 e. The average molecular weight is 264 g/mol. The predicted octanol–water partition coefficient (Wildman–Crippen LogP) is 4.18. The summed E-state index contributed by atoms with van der Waals surface area (Å²) >= 11 is 2.99. The van der Waals surface area contributed by atoms with Crippen LogP contribution in [0.1, 0.15) is 16.5 Å². The van der Waals surface area contributed by atoms with Crippen molar-refractivity contribution in [2.45, 2.75) is 6.10 Å². The minimum Gasteiger partial charge on any atom is -0.383 e. The second kappa shape index (κ2) is 4.22. The average Bonchev–Trinajstić information content (AvgIpc) is 2.96. The number of hydrogen-bond donors (Lipinski definition) is 1. The lowest BCUT2D eigenvalue weighted by Crippen LogP contribution is -1.93. The van der Waals surface area contributed by atoms with Crippen LogP contribution in [0.25, 0.3) is 10.1 Å². The zero-order valence-electron chi connectivity index (χ0n) is 8.76. The molecule has 3 aromatic rings. The molecule has 1 N–H and O–H groups in total. The molecule has 3 rings (SSSR count). The van der Waals surface area contributed by atoms with Crippen LogP contribution in [0.3, 0.4) is 0 Å². The molecule has 0 spiro atoms. The summed E-state index contributed by atoms with van der Waals surface area (Å²) in [4.78, 5) is 0.851. The predicted molar refractivity (Wildman–Crippen MR) is 70.2 cm³/mol. The summed E-state index contributed by atoms with van der Waals surface area (Å²) in [7, 11) is 0. The van der Waals surface area contributed by atoms with Gasteiger partial charge in [-0.2, -0.15) is 11.3 Å². The van der Waals surface area contributed by atoms with Gasteiger partial charge in [0, 0.05) is 9.58 Å². The number of aliphatic hydroxyl groups is 1. The van der Waals surface area contributed by atoms with Crippen molar-refractivity contribution in [1.82, 2.24) is 0 Å². The lowest BCUT2D eigenvalue weighted by Gasteiger charge is -2.04. The standard InChI is InChI=1S/C13H9FOS2/c14-10-2-1-8-5-12(17-11(8)6-10)13(15)9-3-4-16-7-9/h1-7,13,15H. The third kappa shape index (κ3) is 1.99. The van der Waals surface area contributed by atoms with Gasteiger partial charge >= 0.3 is 0 Å². The SMILES string of the molecule is OC(c1ccsc1)c1cc2ccc(F)cc2s1. The fourth-order valence-electron chi connectivity index (χ4n) is 1.76. The molecule has 0 fully saturated rings. The Balaban J connectivity index is 2.06. The Morgan fingerprint density at radius 3 is 2.82 bits per heavy atom. The van der Waals surface area contributed by atoms with Gasteiger partial charge in [-0.05, 0) is 46.0 Å². The van der Waals surface area contributed by atoms with Gasteiger partial charge in [0.1, 0.15) is 11.9 Å². The maximum Gasteiger partial charge on any atom is 0.124 e. The zero-order valence-corrected chi connectivity index (χ0v) is 10.4. The Hall–Kier alpha value is -1.23. The highest BCUT2D eigenvalue weighted by Crippen LogP contribution is 2.34. The molecule has 2 heterocycles. The van der Waals surface area contributed by atoms with E-state index in [0.29, 0.717) is 0 Å². The molecule has 17 heavy (non-hydrogen) atoms. The quantitative estimate of drug-likeness (QED) is 0.736. The Morgan fingerprint density at radius 1 is 1.18 bits per heavy atom. The van der Waals surface area contributed by atoms with E-state index >= 15 is 0 Å². The number of halogens is 1. The van der Waals surface area contributed by atoms with Gasteiger partial charge in [0.2, 0.25) is 0 Å². The van der Waals surface area contributed by atoms with Gasteiger partial charge in [-0.15, -0.1) is 11.3 Å². The first-order valence-corrected chi connectivity index (χ1v) is 6.89. The van der Waals surface area contributed by atoms with Gasteiger partial charge in [0.25, 0.3) is 0 Å². The van der Waals surface area contributed by atoms with E-state index in [0.717, 1.165) is 20.5 Å². The van der Waals surface area contributed by atoms with Gasteiger partial charge in [-0.25, -0.2) is 4.39 Å². The summed E-state index contributed by atoms with van der Waals surface area (Å²) in [6, 6.07) is 8.51. The molecule has 0 amide bonds. The molecular weight excluding hydrogens is 255 g/mol. The normalized spacial score (nSPS) is 13.1. The van der Waals surface area contributed by atoms with Crippen molar-refractivity contribution in [1.29, 1.82) is 0 Å². The lowest BCUT2D eigenvalue weighted by atomic mass is 10.1. The fourth-order valence-corrected chi connectivity index (χ4v) is 3.54. The summed E-state index contributed by atoms with van der Waals surface area (Å²) in [5.41, 5.74) is 0.891. The smallest absolute Gasteiger partial charge is 0.124 e. The Labute approximate surface area is 106 Å². The van der Waals surface area contributed by atoms with Crippen molar-refractivity contribution >= 4 is 32.8 Å². The van der Waals surface area contributed by atoms with Crippen molar-refractivity contribution in [3.63, 3.8) is 0 Å². The summed E-state index contributed by atoms with van der Waals surface area (Å²) < 4.78 is 13.9. The molecule has 0 radical (unpaired) electrons. The van der Waals surface area contributed by atoms with E-state index in [1.165, 1.54) is 23.5 Å². The van der Waals surface area contributed by atoms with Gasteiger partial charge < -0.3 is 5.11 Å². The van der Waals surface area contributed by atoms with E-state index in [9.17, 15) is 9.50 Å². The van der Waals surface area contributed by atoms with E-state index < -0.39 is 6.10 Å². The van der Waals surface area contributed by atoms with Gasteiger partial charge in [-0.3, -0.25) is 0 Å². The van der Waals surface area contributed by atoms with E-state index in [4.69, 9.17) is 0 Å². The summed E-state index contributed by atoms with van der Waals surface area (Å²) in [6.07, 6.45) is -0.610. The van der Waals surface area contributed by atoms with Crippen LogP contribution in [0.15, 0.2) is 41.1 Å². The van der Waals surface area contributed by atoms with Crippen LogP contribution in [0.4, 0.5) is 4.39 Å². The van der Waals surface area contributed by atoms with Crippen molar-refractivity contribution in [3.05, 3.63) is 57.3 Å². The van der Waals surface area contributed by atoms with Gasteiger partial charge in [-0.1, -0.05) is 6.07 Å². The first-order chi connectivity index (χ1) is 8.24. The zero-order chi connectivity index (χ0) is 11.8. The van der Waals surface area contributed by atoms with Gasteiger partial charge in [0.15, 0.2) is 0 Å². The third-order valence-corrected chi connectivity index (χ3v) is 4.48. The van der Waals surface area contributed by atoms with Crippen LogP contribution in [0.5, 0.6) is 0 Å². The molecule has 0 aliphatic rings. The first-order valence-electron chi connectivity index (χ1n) is 5.13. The second-order valence-corrected chi connectivity index (χ2v) is 5.69. The highest BCUT2D eigenvalue weighted by molar-refractivity contribution is 7.19. The highest BCUT2D eigenvalue weighted by atomic mass is 32.1. The number of benzene rings is 1. The maximum atomic E-state index is 13.1. The number of aliphatic hydroxyl groups excluding tert-OH is 1. The summed E-state index contributed by atoms with van der Waals surface area (Å²) in [5.74, 6) is -0.240. The third-order valence-electron chi connectivity index (χ3n) is 2.63. The first kappa shape index (κ1) is 10.9. The molecule has 0 aliphatic heterocycles. The highest BCUT2D eigenvalue weighted by Gasteiger charge is 2.14. The molecule has 1 atom stereocenters. The van der Waals surface area contributed by atoms with E-state index in [-0.39, 0.29) is 5.82 Å². The van der Waals surface area contributed by atoms with Crippen molar-refractivity contribution in [2.75, 3.05) is 0 Å². The van der Waals surface area contributed by atoms with E-state index in [2.05, 4.69) is 0 Å². The molecule has 4 heteroatoms. The number of hydrogen-bond acceptors (Lipinski definition) is 3. The van der Waals surface area contributed by atoms with E-state index in [1.807, 2.05) is 22.9 Å². The van der Waals surface area contributed by atoms with Crippen LogP contribution in [0, 0.1) is 5.82 Å². The minimum absolute atomic E-state index is 0.240. The second-order valence-electron chi connectivity index (χ2n) is 3.79. The maximum absolute atomic E-state index is 13.1. The van der Waals surface area contributed by atoms with E-state index in [1.54, 1.807) is 17.4 Å². The Kier molecular flexibility index (Phi) is 2.70. The monoisotopic (exact) mass is 264 g/mol. The number of thiophene rings is 2. The topological polar surface area (TPSA) is 20.2 Å². The molecular formula is C13H9FOS2. The van der Waals surface area contributed by atoms with Crippen LogP contribution >= 0.6 is 22.7 Å². The number of rotatable bonds is 2. The number of fused-ring (bicyclic) bond motifs is 1. The molecule has 1 aromatic carbocycles. The van der Waals surface area contributed by atoms with Crippen LogP contribution in [0.2, 0.25) is 0 Å². The van der Waals surface area contributed by atoms with Crippen molar-refractivity contribution in [2.24, 2.45) is 0 Å². The summed E-state index contributed by atoms with van der Waals surface area (Å²) in [5, 5.41) is 15.0.